The van der Waals surface area contributed by atoms with E-state index in [1.165, 1.54) is 18.4 Å². The molecule has 1 aromatic heterocycles. The lowest BCUT2D eigenvalue weighted by molar-refractivity contribution is 0.197. The second-order valence-corrected chi connectivity index (χ2v) is 6.01. The van der Waals surface area contributed by atoms with E-state index in [-0.39, 0.29) is 5.41 Å². The highest BCUT2D eigenvalue weighted by Crippen LogP contribution is 2.42. The zero-order valence-electron chi connectivity index (χ0n) is 9.91. The Bertz CT molecular complexity index is 363. The molecule has 0 aromatic carbocycles. The van der Waals surface area contributed by atoms with E-state index in [9.17, 15) is 5.26 Å². The van der Waals surface area contributed by atoms with E-state index in [4.69, 9.17) is 0 Å². The molecule has 2 heteroatoms. The van der Waals surface area contributed by atoms with Gasteiger partial charge in [0.1, 0.15) is 0 Å². The van der Waals surface area contributed by atoms with Gasteiger partial charge in [-0.1, -0.05) is 19.8 Å². The topological polar surface area (TPSA) is 23.8 Å². The van der Waals surface area contributed by atoms with Crippen molar-refractivity contribution < 1.29 is 0 Å². The summed E-state index contributed by atoms with van der Waals surface area (Å²) in [5.74, 6) is 0.732. The average Bonchev–Trinajstić information content (AvgIpc) is 2.79. The van der Waals surface area contributed by atoms with Gasteiger partial charge in [0.25, 0.3) is 0 Å². The summed E-state index contributed by atoms with van der Waals surface area (Å²) < 4.78 is 0. The summed E-state index contributed by atoms with van der Waals surface area (Å²) in [5.41, 5.74) is 1.37. The summed E-state index contributed by atoms with van der Waals surface area (Å²) >= 11 is 1.75. The maximum absolute atomic E-state index is 9.44. The van der Waals surface area contributed by atoms with E-state index in [0.29, 0.717) is 0 Å². The third-order valence-corrected chi connectivity index (χ3v) is 4.53. The van der Waals surface area contributed by atoms with Crippen LogP contribution in [0.15, 0.2) is 16.8 Å². The summed E-state index contributed by atoms with van der Waals surface area (Å²) in [4.78, 5) is 0. The minimum Gasteiger partial charge on any atom is -0.198 e. The first kappa shape index (κ1) is 11.7. The molecule has 0 bridgehead atoms. The summed E-state index contributed by atoms with van der Waals surface area (Å²) in [6.45, 7) is 2.29. The second kappa shape index (κ2) is 5.01. The van der Waals surface area contributed by atoms with E-state index in [1.54, 1.807) is 11.3 Å². The molecule has 0 N–H and O–H groups in total. The zero-order valence-corrected chi connectivity index (χ0v) is 10.7. The predicted octanol–water partition coefficient (Wildman–Crippen LogP) is 4.40. The Morgan fingerprint density at radius 1 is 1.62 bits per heavy atom. The Labute approximate surface area is 102 Å². The standard InChI is InChI=1S/C14H19NS/c1-12-3-2-6-14(9-12,11-15)7-4-13-5-8-16-10-13/h5,8,10,12H,2-4,6-7,9H2,1H3. The monoisotopic (exact) mass is 233 g/mol. The van der Waals surface area contributed by atoms with Crippen LogP contribution in [-0.2, 0) is 6.42 Å². The van der Waals surface area contributed by atoms with Crippen LogP contribution in [0.4, 0.5) is 0 Å². The van der Waals surface area contributed by atoms with Gasteiger partial charge in [-0.3, -0.25) is 0 Å². The van der Waals surface area contributed by atoms with Gasteiger partial charge < -0.3 is 0 Å². The zero-order chi connectivity index (χ0) is 11.4. The first-order valence-corrected chi connectivity index (χ1v) is 7.11. The van der Waals surface area contributed by atoms with E-state index < -0.39 is 0 Å². The van der Waals surface area contributed by atoms with Gasteiger partial charge in [-0.2, -0.15) is 16.6 Å². The molecule has 16 heavy (non-hydrogen) atoms. The fourth-order valence-corrected chi connectivity index (χ4v) is 3.57. The van der Waals surface area contributed by atoms with Crippen molar-refractivity contribution in [3.63, 3.8) is 0 Å². The molecule has 1 aliphatic carbocycles. The third-order valence-electron chi connectivity index (χ3n) is 3.80. The van der Waals surface area contributed by atoms with Crippen molar-refractivity contribution >= 4 is 11.3 Å². The molecule has 1 heterocycles. The predicted molar refractivity (Wildman–Crippen MR) is 68.3 cm³/mol. The minimum absolute atomic E-state index is 0.0282. The lowest BCUT2D eigenvalue weighted by Crippen LogP contribution is -2.26. The van der Waals surface area contributed by atoms with E-state index in [2.05, 4.69) is 29.8 Å². The van der Waals surface area contributed by atoms with Crippen LogP contribution in [0, 0.1) is 22.7 Å². The van der Waals surface area contributed by atoms with Crippen LogP contribution in [0.5, 0.6) is 0 Å². The molecule has 1 fully saturated rings. The van der Waals surface area contributed by atoms with Crippen molar-refractivity contribution in [2.45, 2.75) is 45.4 Å². The number of thiophene rings is 1. The van der Waals surface area contributed by atoms with Crippen molar-refractivity contribution in [1.29, 1.82) is 5.26 Å². The molecule has 2 atom stereocenters. The van der Waals surface area contributed by atoms with Gasteiger partial charge in [0.05, 0.1) is 11.5 Å². The van der Waals surface area contributed by atoms with Gasteiger partial charge in [0.2, 0.25) is 0 Å². The van der Waals surface area contributed by atoms with Crippen molar-refractivity contribution in [2.24, 2.45) is 11.3 Å². The van der Waals surface area contributed by atoms with Gasteiger partial charge in [0, 0.05) is 0 Å². The first-order chi connectivity index (χ1) is 7.74. The lowest BCUT2D eigenvalue weighted by Gasteiger charge is -2.34. The van der Waals surface area contributed by atoms with Gasteiger partial charge in [0.15, 0.2) is 0 Å². The number of rotatable bonds is 3. The summed E-state index contributed by atoms with van der Waals surface area (Å²) in [6, 6.07) is 4.80. The van der Waals surface area contributed by atoms with E-state index >= 15 is 0 Å². The molecule has 1 saturated carbocycles. The first-order valence-electron chi connectivity index (χ1n) is 6.16. The van der Waals surface area contributed by atoms with Crippen LogP contribution in [0.2, 0.25) is 0 Å². The summed E-state index contributed by atoms with van der Waals surface area (Å²) in [6.07, 6.45) is 6.88. The Morgan fingerprint density at radius 3 is 3.12 bits per heavy atom. The van der Waals surface area contributed by atoms with Gasteiger partial charge in [-0.25, -0.2) is 0 Å². The molecule has 2 rings (SSSR count). The Hall–Kier alpha value is -0.810. The Morgan fingerprint density at radius 2 is 2.50 bits per heavy atom. The number of hydrogen-bond acceptors (Lipinski definition) is 2. The Balaban J connectivity index is 1.97. The van der Waals surface area contributed by atoms with Crippen LogP contribution in [0.25, 0.3) is 0 Å². The van der Waals surface area contributed by atoms with Crippen LogP contribution >= 0.6 is 11.3 Å². The highest BCUT2D eigenvalue weighted by atomic mass is 32.1. The molecular formula is C14H19NS. The largest absolute Gasteiger partial charge is 0.198 e. The summed E-state index contributed by atoms with van der Waals surface area (Å²) in [7, 11) is 0. The fourth-order valence-electron chi connectivity index (χ4n) is 2.86. The third kappa shape index (κ3) is 2.65. The average molecular weight is 233 g/mol. The molecule has 0 spiro atoms. The molecule has 1 aliphatic rings. The number of aryl methyl sites for hydroxylation is 1. The van der Waals surface area contributed by atoms with Crippen molar-refractivity contribution in [2.75, 3.05) is 0 Å². The highest BCUT2D eigenvalue weighted by molar-refractivity contribution is 7.07. The molecule has 0 saturated heterocycles. The van der Waals surface area contributed by atoms with E-state index in [1.807, 2.05) is 0 Å². The van der Waals surface area contributed by atoms with Crippen molar-refractivity contribution in [3.05, 3.63) is 22.4 Å². The molecule has 1 nitrogen and oxygen atoms in total. The van der Waals surface area contributed by atoms with Crippen molar-refractivity contribution in [1.82, 2.24) is 0 Å². The maximum Gasteiger partial charge on any atom is 0.0689 e. The second-order valence-electron chi connectivity index (χ2n) is 5.23. The molecule has 0 aliphatic heterocycles. The van der Waals surface area contributed by atoms with Crippen LogP contribution in [-0.4, -0.2) is 0 Å². The van der Waals surface area contributed by atoms with Gasteiger partial charge in [-0.05, 0) is 54.0 Å². The van der Waals surface area contributed by atoms with E-state index in [0.717, 1.165) is 31.6 Å². The molecule has 1 aromatic rings. The number of nitrogens with zero attached hydrogens (tertiary/aromatic N) is 1. The minimum atomic E-state index is -0.0282. The highest BCUT2D eigenvalue weighted by Gasteiger charge is 2.34. The van der Waals surface area contributed by atoms with Crippen LogP contribution < -0.4 is 0 Å². The SMILES string of the molecule is CC1CCCC(C#N)(CCc2ccsc2)C1. The van der Waals surface area contributed by atoms with Crippen LogP contribution in [0.3, 0.4) is 0 Å². The number of hydrogen-bond donors (Lipinski definition) is 0. The molecule has 0 radical (unpaired) electrons. The number of nitriles is 1. The molecule has 2 unspecified atom stereocenters. The molecule has 0 amide bonds. The molecular weight excluding hydrogens is 214 g/mol. The van der Waals surface area contributed by atoms with Gasteiger partial charge in [-0.15, -0.1) is 0 Å². The molecule has 86 valence electrons. The van der Waals surface area contributed by atoms with Crippen LogP contribution in [0.1, 0.15) is 44.6 Å². The fraction of sp³-hybridized carbons (Fsp3) is 0.643. The van der Waals surface area contributed by atoms with Crippen molar-refractivity contribution in [3.8, 4) is 6.07 Å². The maximum atomic E-state index is 9.44. The Kier molecular flexibility index (Phi) is 3.66. The normalized spacial score (nSPS) is 29.9. The smallest absolute Gasteiger partial charge is 0.0689 e. The quantitative estimate of drug-likeness (QED) is 0.759. The lowest BCUT2D eigenvalue weighted by atomic mass is 9.68. The van der Waals surface area contributed by atoms with Gasteiger partial charge >= 0.3 is 0 Å². The summed E-state index contributed by atoms with van der Waals surface area (Å²) in [5, 5.41) is 13.8.